The molecule has 6 rings (SSSR count). The Morgan fingerprint density at radius 1 is 1.20 bits per heavy atom. The molecule has 180 valence electrons. The summed E-state index contributed by atoms with van der Waals surface area (Å²) in [6, 6.07) is 6.15. The van der Waals surface area contributed by atoms with Gasteiger partial charge in [-0.1, -0.05) is 6.92 Å². The molecule has 2 fully saturated rings. The number of halogens is 1. The molecule has 0 radical (unpaired) electrons. The Labute approximate surface area is 210 Å². The quantitative estimate of drug-likeness (QED) is 0.399. The number of benzene rings is 1. The molecule has 1 saturated carbocycles. The minimum Gasteiger partial charge on any atom is -0.359 e. The summed E-state index contributed by atoms with van der Waals surface area (Å²) >= 11 is 3.55. The fraction of sp³-hybridized carbons (Fsp3) is 0.417. The number of amides is 1. The van der Waals surface area contributed by atoms with E-state index in [1.807, 2.05) is 31.3 Å². The normalized spacial score (nSPS) is 21.9. The number of nitrogens with zero attached hydrogens (tertiary/aromatic N) is 7. The van der Waals surface area contributed by atoms with Crippen molar-refractivity contribution in [3.05, 3.63) is 35.2 Å². The molecule has 1 aromatic carbocycles. The fourth-order valence-electron chi connectivity index (χ4n) is 4.98. The van der Waals surface area contributed by atoms with E-state index in [4.69, 9.17) is 9.97 Å². The molecule has 4 heterocycles. The molecule has 1 aliphatic carbocycles. The van der Waals surface area contributed by atoms with Gasteiger partial charge < -0.3 is 15.5 Å². The summed E-state index contributed by atoms with van der Waals surface area (Å²) < 4.78 is 2.48. The first-order valence-electron chi connectivity index (χ1n) is 11.9. The van der Waals surface area contributed by atoms with Crippen LogP contribution in [-0.4, -0.2) is 61.8 Å². The third-order valence-electron chi connectivity index (χ3n) is 7.16. The van der Waals surface area contributed by atoms with Crippen LogP contribution in [0.3, 0.4) is 0 Å². The SMILES string of the molecule is CNC(=O)[C@]1(C)CC[C@@H](Nc2ncc3c(Br)nn(-c4ccc5nc(N6CCC6)ncc5c4)c3n2)C1. The summed E-state index contributed by atoms with van der Waals surface area (Å²) in [5.41, 5.74) is 2.09. The van der Waals surface area contributed by atoms with Crippen molar-refractivity contribution in [1.29, 1.82) is 0 Å². The van der Waals surface area contributed by atoms with E-state index in [1.54, 1.807) is 17.9 Å². The lowest BCUT2D eigenvalue weighted by molar-refractivity contribution is -0.129. The van der Waals surface area contributed by atoms with Gasteiger partial charge in [-0.3, -0.25) is 4.79 Å². The summed E-state index contributed by atoms with van der Waals surface area (Å²) in [6.07, 6.45) is 7.28. The minimum absolute atomic E-state index is 0.0810. The van der Waals surface area contributed by atoms with Crippen LogP contribution in [0.4, 0.5) is 11.9 Å². The van der Waals surface area contributed by atoms with Crippen LogP contribution in [0.5, 0.6) is 0 Å². The van der Waals surface area contributed by atoms with Crippen molar-refractivity contribution in [3.63, 3.8) is 0 Å². The van der Waals surface area contributed by atoms with Crippen molar-refractivity contribution >= 4 is 55.7 Å². The second-order valence-electron chi connectivity index (χ2n) is 9.61. The zero-order valence-electron chi connectivity index (χ0n) is 19.6. The van der Waals surface area contributed by atoms with E-state index in [0.29, 0.717) is 16.2 Å². The number of hydrogen-bond acceptors (Lipinski definition) is 8. The maximum absolute atomic E-state index is 12.3. The van der Waals surface area contributed by atoms with Crippen molar-refractivity contribution in [1.82, 2.24) is 35.0 Å². The second kappa shape index (κ2) is 8.40. The fourth-order valence-corrected chi connectivity index (χ4v) is 5.42. The van der Waals surface area contributed by atoms with Crippen LogP contribution in [-0.2, 0) is 4.79 Å². The maximum atomic E-state index is 12.3. The number of carbonyl (C=O) groups is 1. The topological polar surface area (TPSA) is 114 Å². The molecule has 0 spiro atoms. The van der Waals surface area contributed by atoms with Crippen LogP contribution in [0, 0.1) is 5.41 Å². The number of carbonyl (C=O) groups excluding carboxylic acids is 1. The monoisotopic (exact) mass is 535 g/mol. The van der Waals surface area contributed by atoms with Gasteiger partial charge in [-0.05, 0) is 59.8 Å². The average molecular weight is 536 g/mol. The van der Waals surface area contributed by atoms with Crippen LogP contribution in [0.1, 0.15) is 32.6 Å². The highest BCUT2D eigenvalue weighted by Gasteiger charge is 2.41. The van der Waals surface area contributed by atoms with Gasteiger partial charge >= 0.3 is 0 Å². The molecule has 0 bridgehead atoms. The second-order valence-corrected chi connectivity index (χ2v) is 10.4. The van der Waals surface area contributed by atoms with E-state index >= 15 is 0 Å². The van der Waals surface area contributed by atoms with Crippen LogP contribution >= 0.6 is 15.9 Å². The van der Waals surface area contributed by atoms with Crippen LogP contribution in [0.25, 0.3) is 27.6 Å². The smallest absolute Gasteiger partial charge is 0.225 e. The van der Waals surface area contributed by atoms with Gasteiger partial charge in [0.05, 0.1) is 16.6 Å². The van der Waals surface area contributed by atoms with Gasteiger partial charge in [0.1, 0.15) is 4.60 Å². The molecule has 10 nitrogen and oxygen atoms in total. The molecular weight excluding hydrogens is 510 g/mol. The summed E-state index contributed by atoms with van der Waals surface area (Å²) in [4.78, 5) is 33.0. The Morgan fingerprint density at radius 2 is 2.06 bits per heavy atom. The predicted molar refractivity (Wildman–Crippen MR) is 138 cm³/mol. The third kappa shape index (κ3) is 3.87. The first-order chi connectivity index (χ1) is 16.9. The summed E-state index contributed by atoms with van der Waals surface area (Å²) in [5.74, 6) is 1.39. The number of hydrogen-bond donors (Lipinski definition) is 2. The van der Waals surface area contributed by atoms with E-state index in [9.17, 15) is 4.79 Å². The zero-order valence-corrected chi connectivity index (χ0v) is 21.2. The molecule has 1 aliphatic heterocycles. The van der Waals surface area contributed by atoms with Gasteiger partial charge in [0.15, 0.2) is 5.65 Å². The van der Waals surface area contributed by atoms with Gasteiger partial charge in [-0.15, -0.1) is 0 Å². The molecule has 35 heavy (non-hydrogen) atoms. The van der Waals surface area contributed by atoms with E-state index < -0.39 is 0 Å². The van der Waals surface area contributed by atoms with Crippen molar-refractivity contribution in [2.45, 2.75) is 38.6 Å². The van der Waals surface area contributed by atoms with E-state index in [2.05, 4.69) is 46.5 Å². The van der Waals surface area contributed by atoms with Gasteiger partial charge in [-0.2, -0.15) is 10.1 Å². The Kier molecular flexibility index (Phi) is 5.32. The highest BCUT2D eigenvalue weighted by molar-refractivity contribution is 9.10. The minimum atomic E-state index is -0.371. The lowest BCUT2D eigenvalue weighted by atomic mass is 9.87. The molecule has 1 saturated heterocycles. The van der Waals surface area contributed by atoms with Crippen molar-refractivity contribution in [2.24, 2.45) is 5.41 Å². The maximum Gasteiger partial charge on any atom is 0.225 e. The van der Waals surface area contributed by atoms with E-state index in [1.165, 1.54) is 6.42 Å². The number of aromatic nitrogens is 6. The van der Waals surface area contributed by atoms with Gasteiger partial charge in [0.25, 0.3) is 0 Å². The lowest BCUT2D eigenvalue weighted by Crippen LogP contribution is -2.38. The lowest BCUT2D eigenvalue weighted by Gasteiger charge is -2.30. The Bertz CT molecular complexity index is 1450. The third-order valence-corrected chi connectivity index (χ3v) is 7.75. The average Bonchev–Trinajstić information content (AvgIpc) is 3.37. The molecule has 1 amide bonds. The predicted octanol–water partition coefficient (Wildman–Crippen LogP) is 3.45. The van der Waals surface area contributed by atoms with Gasteiger partial charge in [-0.25, -0.2) is 19.6 Å². The molecule has 4 aromatic rings. The first kappa shape index (κ1) is 22.1. The number of nitrogens with one attached hydrogen (secondary N) is 2. The van der Waals surface area contributed by atoms with Crippen molar-refractivity contribution < 1.29 is 4.79 Å². The van der Waals surface area contributed by atoms with E-state index in [-0.39, 0.29) is 17.4 Å². The number of anilines is 2. The Morgan fingerprint density at radius 3 is 2.83 bits per heavy atom. The first-order valence-corrected chi connectivity index (χ1v) is 12.6. The van der Waals surface area contributed by atoms with Crippen molar-refractivity contribution in [3.8, 4) is 5.69 Å². The van der Waals surface area contributed by atoms with E-state index in [0.717, 1.165) is 60.3 Å². The van der Waals surface area contributed by atoms with Gasteiger partial charge in [0.2, 0.25) is 17.8 Å². The van der Waals surface area contributed by atoms with Crippen LogP contribution < -0.4 is 15.5 Å². The molecular formula is C24H26BrN9O. The summed E-state index contributed by atoms with van der Waals surface area (Å²) in [6.45, 7) is 4.04. The molecule has 3 aromatic heterocycles. The number of fused-ring (bicyclic) bond motifs is 2. The Hall–Kier alpha value is -3.34. The highest BCUT2D eigenvalue weighted by atomic mass is 79.9. The van der Waals surface area contributed by atoms with Crippen molar-refractivity contribution in [2.75, 3.05) is 30.4 Å². The molecule has 0 unspecified atom stereocenters. The zero-order chi connectivity index (χ0) is 24.2. The molecule has 2 N–H and O–H groups in total. The van der Waals surface area contributed by atoms with Gasteiger partial charge in [0, 0.05) is 49.4 Å². The van der Waals surface area contributed by atoms with Crippen LogP contribution in [0.15, 0.2) is 35.2 Å². The summed E-state index contributed by atoms with van der Waals surface area (Å²) in [7, 11) is 1.69. The molecule has 2 aliphatic rings. The highest BCUT2D eigenvalue weighted by Crippen LogP contribution is 2.39. The number of rotatable bonds is 5. The Balaban J connectivity index is 1.30. The standard InChI is InChI=1S/C24H26BrN9O/c1-24(21(35)26-2)7-6-15(11-24)29-22-27-13-17-19(25)32-34(20(17)31-22)16-4-5-18-14(10-16)12-28-23(30-18)33-8-3-9-33/h4-5,10,12-13,15H,3,6-9,11H2,1-2H3,(H,26,35)(H,27,29,31)/t15-,24-/m1/s1. The molecule has 2 atom stereocenters. The summed E-state index contributed by atoms with van der Waals surface area (Å²) in [5, 5.41) is 12.6. The van der Waals surface area contributed by atoms with Crippen LogP contribution in [0.2, 0.25) is 0 Å². The largest absolute Gasteiger partial charge is 0.359 e. The molecule has 11 heteroatoms.